The first-order valence-corrected chi connectivity index (χ1v) is 5.44. The lowest BCUT2D eigenvalue weighted by molar-refractivity contribution is 0.0598. The van der Waals surface area contributed by atoms with Crippen molar-refractivity contribution in [3.8, 4) is 0 Å². The third kappa shape index (κ3) is 3.19. The number of hydrogen-bond acceptors (Lipinski definition) is 4. The first-order chi connectivity index (χ1) is 7.83. The highest BCUT2D eigenvalue weighted by Gasteiger charge is 2.20. The summed E-state index contributed by atoms with van der Waals surface area (Å²) in [5.74, 6) is -0.275. The molecule has 2 rings (SSSR count). The van der Waals surface area contributed by atoms with Crippen molar-refractivity contribution in [1.29, 1.82) is 0 Å². The second kappa shape index (κ2) is 6.59. The van der Waals surface area contributed by atoms with Crippen LogP contribution in [0.15, 0.2) is 24.3 Å². The fraction of sp³-hybridized carbons (Fsp3) is 0.417. The summed E-state index contributed by atoms with van der Waals surface area (Å²) in [6, 6.07) is 7.75. The van der Waals surface area contributed by atoms with E-state index in [-0.39, 0.29) is 24.4 Å². The van der Waals surface area contributed by atoms with Gasteiger partial charge in [-0.2, -0.15) is 0 Å². The molecule has 0 radical (unpaired) electrons. The van der Waals surface area contributed by atoms with Crippen molar-refractivity contribution in [1.82, 2.24) is 10.6 Å². The van der Waals surface area contributed by atoms with Crippen molar-refractivity contribution >= 4 is 18.4 Å². The van der Waals surface area contributed by atoms with Gasteiger partial charge in [0.1, 0.15) is 0 Å². The van der Waals surface area contributed by atoms with E-state index >= 15 is 0 Å². The molecule has 1 saturated heterocycles. The Kier molecular flexibility index (Phi) is 5.41. The summed E-state index contributed by atoms with van der Waals surface area (Å²) in [6.07, 6.45) is 0. The highest BCUT2D eigenvalue weighted by atomic mass is 35.5. The van der Waals surface area contributed by atoms with Crippen LogP contribution in [0.4, 0.5) is 0 Å². The molecular formula is C12H17ClN2O2. The maximum Gasteiger partial charge on any atom is 0.338 e. The maximum absolute atomic E-state index is 11.6. The van der Waals surface area contributed by atoms with Crippen molar-refractivity contribution in [2.45, 2.75) is 6.04 Å². The topological polar surface area (TPSA) is 50.4 Å². The summed E-state index contributed by atoms with van der Waals surface area (Å²) >= 11 is 0. The molecule has 4 nitrogen and oxygen atoms in total. The van der Waals surface area contributed by atoms with Crippen molar-refractivity contribution in [2.24, 2.45) is 0 Å². The van der Waals surface area contributed by atoms with Crippen molar-refractivity contribution in [3.05, 3.63) is 35.4 Å². The van der Waals surface area contributed by atoms with Crippen LogP contribution in [0.25, 0.3) is 0 Å². The van der Waals surface area contributed by atoms with Crippen LogP contribution in [-0.4, -0.2) is 32.7 Å². The van der Waals surface area contributed by atoms with E-state index in [2.05, 4.69) is 10.6 Å². The normalized spacial score (nSPS) is 19.2. The first-order valence-electron chi connectivity index (χ1n) is 5.44. The maximum atomic E-state index is 11.6. The molecule has 0 spiro atoms. The molecule has 1 aliphatic rings. The van der Waals surface area contributed by atoms with Gasteiger partial charge in [0.05, 0.1) is 12.7 Å². The van der Waals surface area contributed by atoms with Crippen LogP contribution >= 0.6 is 12.4 Å². The van der Waals surface area contributed by atoms with E-state index in [4.69, 9.17) is 4.74 Å². The van der Waals surface area contributed by atoms with Gasteiger partial charge in [0.25, 0.3) is 0 Å². The second-order valence-electron chi connectivity index (χ2n) is 3.79. The molecule has 0 aromatic heterocycles. The van der Waals surface area contributed by atoms with Gasteiger partial charge in [-0.05, 0) is 11.6 Å². The number of benzene rings is 1. The third-order valence-corrected chi connectivity index (χ3v) is 2.78. The Labute approximate surface area is 107 Å². The van der Waals surface area contributed by atoms with Crippen molar-refractivity contribution < 1.29 is 9.53 Å². The fourth-order valence-electron chi connectivity index (χ4n) is 1.97. The number of esters is 1. The van der Waals surface area contributed by atoms with Crippen LogP contribution in [0.2, 0.25) is 0 Å². The summed E-state index contributed by atoms with van der Waals surface area (Å²) in [4.78, 5) is 11.6. The summed E-state index contributed by atoms with van der Waals surface area (Å²) < 4.78 is 4.78. The Morgan fingerprint density at radius 1 is 1.35 bits per heavy atom. The third-order valence-electron chi connectivity index (χ3n) is 2.78. The van der Waals surface area contributed by atoms with Gasteiger partial charge in [-0.1, -0.05) is 18.2 Å². The Hall–Kier alpha value is -1.10. The number of halogens is 1. The van der Waals surface area contributed by atoms with Crippen LogP contribution in [-0.2, 0) is 4.74 Å². The van der Waals surface area contributed by atoms with Crippen LogP contribution in [0.3, 0.4) is 0 Å². The molecule has 0 unspecified atom stereocenters. The van der Waals surface area contributed by atoms with Crippen LogP contribution in [0, 0.1) is 0 Å². The minimum absolute atomic E-state index is 0. The molecule has 1 fully saturated rings. The molecule has 0 amide bonds. The summed E-state index contributed by atoms with van der Waals surface area (Å²) in [6.45, 7) is 2.73. The van der Waals surface area contributed by atoms with Crippen molar-refractivity contribution in [3.63, 3.8) is 0 Å². The SMILES string of the molecule is COC(=O)c1ccccc1[C@H]1CNCCN1.Cl. The Morgan fingerprint density at radius 2 is 2.12 bits per heavy atom. The molecule has 0 saturated carbocycles. The molecule has 5 heteroatoms. The zero-order chi connectivity index (χ0) is 11.4. The molecule has 1 atom stereocenters. The molecule has 17 heavy (non-hydrogen) atoms. The number of ether oxygens (including phenoxy) is 1. The van der Waals surface area contributed by atoms with Gasteiger partial charge >= 0.3 is 5.97 Å². The molecular weight excluding hydrogens is 240 g/mol. The lowest BCUT2D eigenvalue weighted by atomic mass is 9.99. The number of rotatable bonds is 2. The number of hydrogen-bond donors (Lipinski definition) is 2. The van der Waals surface area contributed by atoms with Gasteiger partial charge in [0.2, 0.25) is 0 Å². The van der Waals surface area contributed by atoms with E-state index in [1.54, 1.807) is 6.07 Å². The summed E-state index contributed by atoms with van der Waals surface area (Å²) in [5.41, 5.74) is 1.65. The van der Waals surface area contributed by atoms with Gasteiger partial charge < -0.3 is 15.4 Å². The molecule has 0 aliphatic carbocycles. The average Bonchev–Trinajstić information content (AvgIpc) is 2.39. The van der Waals surface area contributed by atoms with Crippen LogP contribution in [0.5, 0.6) is 0 Å². The molecule has 1 aromatic carbocycles. The number of nitrogens with one attached hydrogen (secondary N) is 2. The van der Waals surface area contributed by atoms with Crippen molar-refractivity contribution in [2.75, 3.05) is 26.7 Å². The highest BCUT2D eigenvalue weighted by molar-refractivity contribution is 5.91. The number of piperazine rings is 1. The highest BCUT2D eigenvalue weighted by Crippen LogP contribution is 2.19. The number of methoxy groups -OCH3 is 1. The number of carbonyl (C=O) groups excluding carboxylic acids is 1. The second-order valence-corrected chi connectivity index (χ2v) is 3.79. The summed E-state index contributed by atoms with van der Waals surface area (Å²) in [5, 5.41) is 6.69. The molecule has 94 valence electrons. The minimum Gasteiger partial charge on any atom is -0.465 e. The quantitative estimate of drug-likeness (QED) is 0.779. The van der Waals surface area contributed by atoms with Gasteiger partial charge in [0.15, 0.2) is 0 Å². The molecule has 1 aliphatic heterocycles. The van der Waals surface area contributed by atoms with E-state index < -0.39 is 0 Å². The fourth-order valence-corrected chi connectivity index (χ4v) is 1.97. The lowest BCUT2D eigenvalue weighted by Gasteiger charge is -2.26. The van der Waals surface area contributed by atoms with Crippen LogP contribution in [0.1, 0.15) is 22.0 Å². The minimum atomic E-state index is -0.275. The summed E-state index contributed by atoms with van der Waals surface area (Å²) in [7, 11) is 1.41. The molecule has 1 heterocycles. The lowest BCUT2D eigenvalue weighted by Crippen LogP contribution is -2.43. The van der Waals surface area contributed by atoms with E-state index in [0.29, 0.717) is 5.56 Å². The Bertz CT molecular complexity index is 379. The Balaban J connectivity index is 0.00000144. The molecule has 1 aromatic rings. The van der Waals surface area contributed by atoms with E-state index in [9.17, 15) is 4.79 Å². The van der Waals surface area contributed by atoms with E-state index in [1.165, 1.54) is 7.11 Å². The zero-order valence-electron chi connectivity index (χ0n) is 9.73. The Morgan fingerprint density at radius 3 is 2.76 bits per heavy atom. The van der Waals surface area contributed by atoms with E-state index in [0.717, 1.165) is 25.2 Å². The van der Waals surface area contributed by atoms with Gasteiger partial charge in [0, 0.05) is 25.7 Å². The first kappa shape index (κ1) is 14.0. The van der Waals surface area contributed by atoms with E-state index in [1.807, 2.05) is 18.2 Å². The predicted molar refractivity (Wildman–Crippen MR) is 68.6 cm³/mol. The average molecular weight is 257 g/mol. The number of carbonyl (C=O) groups is 1. The largest absolute Gasteiger partial charge is 0.465 e. The van der Waals surface area contributed by atoms with Gasteiger partial charge in [-0.3, -0.25) is 0 Å². The van der Waals surface area contributed by atoms with Gasteiger partial charge in [-0.15, -0.1) is 12.4 Å². The molecule has 2 N–H and O–H groups in total. The predicted octanol–water partition coefficient (Wildman–Crippen LogP) is 1.13. The molecule has 0 bridgehead atoms. The standard InChI is InChI=1S/C12H16N2O2.ClH/c1-16-12(15)10-5-3-2-4-9(10)11-8-13-6-7-14-11;/h2-5,11,13-14H,6-8H2,1H3;1H/t11-;/m1./s1. The monoisotopic (exact) mass is 256 g/mol. The zero-order valence-corrected chi connectivity index (χ0v) is 10.5. The van der Waals surface area contributed by atoms with Gasteiger partial charge in [-0.25, -0.2) is 4.79 Å². The smallest absolute Gasteiger partial charge is 0.338 e. The van der Waals surface area contributed by atoms with Crippen LogP contribution < -0.4 is 10.6 Å².